The van der Waals surface area contributed by atoms with Gasteiger partial charge in [0.15, 0.2) is 17.2 Å². The van der Waals surface area contributed by atoms with Gasteiger partial charge in [0.1, 0.15) is 18.3 Å². The van der Waals surface area contributed by atoms with E-state index in [1.54, 1.807) is 12.1 Å². The summed E-state index contributed by atoms with van der Waals surface area (Å²) < 4.78 is 33.4. The maximum Gasteiger partial charge on any atom is 0.277 e. The fourth-order valence-corrected chi connectivity index (χ4v) is 3.57. The highest BCUT2D eigenvalue weighted by Crippen LogP contribution is 2.22. The van der Waals surface area contributed by atoms with Crippen molar-refractivity contribution >= 4 is 11.7 Å². The number of benzene rings is 1. The highest BCUT2D eigenvalue weighted by atomic mass is 19.1. The molecule has 0 fully saturated rings. The summed E-state index contributed by atoms with van der Waals surface area (Å²) in [4.78, 5) is 39.6. The van der Waals surface area contributed by atoms with Crippen LogP contribution in [0.4, 0.5) is 8.78 Å². The molecule has 0 radical (unpaired) electrons. The Bertz CT molecular complexity index is 1090. The number of fused-ring (bicyclic) bond motifs is 1. The van der Waals surface area contributed by atoms with Gasteiger partial charge < -0.3 is 14.7 Å². The van der Waals surface area contributed by atoms with Gasteiger partial charge in [0, 0.05) is 45.5 Å². The fraction of sp³-hybridized carbons (Fsp3) is 0.409. The second-order valence-corrected chi connectivity index (χ2v) is 7.49. The number of nitrogens with zero attached hydrogens (tertiary/aromatic N) is 3. The molecule has 2 aromatic rings. The van der Waals surface area contributed by atoms with Crippen molar-refractivity contribution in [2.24, 2.45) is 0 Å². The molecule has 2 heterocycles. The van der Waals surface area contributed by atoms with Crippen molar-refractivity contribution in [2.75, 3.05) is 38.5 Å². The minimum atomic E-state index is -0.959. The maximum absolute atomic E-state index is 13.8. The van der Waals surface area contributed by atoms with Crippen molar-refractivity contribution in [3.8, 4) is 5.75 Å². The largest absolute Gasteiger partial charge is 0.502 e. The lowest BCUT2D eigenvalue weighted by molar-refractivity contribution is 0.0661. The number of ether oxygens (including phenoxy) is 1. The van der Waals surface area contributed by atoms with Crippen LogP contribution in [0, 0.1) is 11.6 Å². The molecular weight excluding hydrogens is 424 g/mol. The van der Waals surface area contributed by atoms with E-state index in [1.165, 1.54) is 21.8 Å². The predicted octanol–water partition coefficient (Wildman–Crippen LogP) is 2.06. The number of halogens is 2. The van der Waals surface area contributed by atoms with Gasteiger partial charge in [0.2, 0.25) is 5.43 Å². The Morgan fingerprint density at radius 1 is 1.25 bits per heavy atom. The van der Waals surface area contributed by atoms with Crippen LogP contribution in [0.1, 0.15) is 46.2 Å². The monoisotopic (exact) mass is 449 g/mol. The number of pyridine rings is 1. The van der Waals surface area contributed by atoms with Crippen molar-refractivity contribution in [3.63, 3.8) is 0 Å². The highest BCUT2D eigenvalue weighted by molar-refractivity contribution is 6.00. The first-order valence-corrected chi connectivity index (χ1v) is 10.3. The van der Waals surface area contributed by atoms with E-state index in [-0.39, 0.29) is 36.3 Å². The summed E-state index contributed by atoms with van der Waals surface area (Å²) in [6.45, 7) is 3.48. The average molecular weight is 449 g/mol. The molecule has 0 saturated carbocycles. The molecule has 0 bridgehead atoms. The van der Waals surface area contributed by atoms with Crippen molar-refractivity contribution in [1.29, 1.82) is 0 Å². The Morgan fingerprint density at radius 3 is 2.69 bits per heavy atom. The van der Waals surface area contributed by atoms with Crippen LogP contribution >= 0.6 is 0 Å². The van der Waals surface area contributed by atoms with E-state index in [4.69, 9.17) is 4.74 Å². The first-order chi connectivity index (χ1) is 15.2. The molecule has 1 aromatic carbocycles. The van der Waals surface area contributed by atoms with Gasteiger partial charge >= 0.3 is 0 Å². The van der Waals surface area contributed by atoms with Crippen molar-refractivity contribution in [2.45, 2.75) is 26.2 Å². The molecule has 8 nitrogen and oxygen atoms in total. The van der Waals surface area contributed by atoms with Crippen molar-refractivity contribution in [1.82, 2.24) is 9.58 Å². The fourth-order valence-electron chi connectivity index (χ4n) is 3.57. The Kier molecular flexibility index (Phi) is 7.24. The lowest BCUT2D eigenvalue weighted by Gasteiger charge is -2.37. The van der Waals surface area contributed by atoms with Crippen LogP contribution in [0.2, 0.25) is 0 Å². The SMILES string of the molecule is CCOCCCN1CN(C)n2cc(C(=O)CCc3ccc(F)cc3F)c(=O)c(O)c2C1=O. The van der Waals surface area contributed by atoms with Crippen molar-refractivity contribution < 1.29 is 28.2 Å². The van der Waals surface area contributed by atoms with Gasteiger partial charge in [-0.2, -0.15) is 0 Å². The van der Waals surface area contributed by atoms with E-state index in [2.05, 4.69) is 0 Å². The molecule has 10 heteroatoms. The molecule has 0 atom stereocenters. The summed E-state index contributed by atoms with van der Waals surface area (Å²) in [6, 6.07) is 3.05. The smallest absolute Gasteiger partial charge is 0.277 e. The van der Waals surface area contributed by atoms with Gasteiger partial charge in [0.25, 0.3) is 5.91 Å². The number of aromatic nitrogens is 1. The van der Waals surface area contributed by atoms with Gasteiger partial charge in [-0.05, 0) is 31.4 Å². The zero-order valence-electron chi connectivity index (χ0n) is 17.9. The highest BCUT2D eigenvalue weighted by Gasteiger charge is 2.32. The van der Waals surface area contributed by atoms with E-state index in [1.807, 2.05) is 6.92 Å². The van der Waals surface area contributed by atoms with Gasteiger partial charge in [-0.15, -0.1) is 0 Å². The van der Waals surface area contributed by atoms with Gasteiger partial charge in [0.05, 0.1) is 5.56 Å². The molecule has 0 saturated heterocycles. The predicted molar refractivity (Wildman–Crippen MR) is 113 cm³/mol. The summed E-state index contributed by atoms with van der Waals surface area (Å²) in [7, 11) is 1.65. The number of rotatable bonds is 9. The van der Waals surface area contributed by atoms with E-state index >= 15 is 0 Å². The average Bonchev–Trinajstić information content (AvgIpc) is 2.75. The third kappa shape index (κ3) is 4.80. The van der Waals surface area contributed by atoms with E-state index in [0.29, 0.717) is 26.2 Å². The molecule has 0 unspecified atom stereocenters. The Morgan fingerprint density at radius 2 is 2.00 bits per heavy atom. The summed E-state index contributed by atoms with van der Waals surface area (Å²) in [6.07, 6.45) is 1.54. The Hall–Kier alpha value is -3.27. The molecule has 1 N–H and O–H groups in total. The first kappa shape index (κ1) is 23.4. The van der Waals surface area contributed by atoms with Crippen LogP contribution in [-0.4, -0.2) is 59.8 Å². The van der Waals surface area contributed by atoms with Crippen LogP contribution < -0.4 is 10.4 Å². The van der Waals surface area contributed by atoms with Gasteiger partial charge in [-0.25, -0.2) is 8.78 Å². The second kappa shape index (κ2) is 9.90. The second-order valence-electron chi connectivity index (χ2n) is 7.49. The number of hydrogen-bond acceptors (Lipinski definition) is 6. The van der Waals surface area contributed by atoms with Gasteiger partial charge in [-0.3, -0.25) is 24.1 Å². The van der Waals surface area contributed by atoms with Crippen molar-refractivity contribution in [3.05, 3.63) is 63.1 Å². The van der Waals surface area contributed by atoms with Gasteiger partial charge in [-0.1, -0.05) is 6.07 Å². The van der Waals surface area contributed by atoms with E-state index in [9.17, 15) is 28.3 Å². The molecular formula is C22H25F2N3O5. The van der Waals surface area contributed by atoms with Crippen LogP contribution in [0.25, 0.3) is 0 Å². The molecule has 32 heavy (non-hydrogen) atoms. The number of carbonyl (C=O) groups is 2. The molecule has 3 rings (SSSR count). The normalized spacial score (nSPS) is 13.4. The number of Topliss-reactive ketones (excluding diaryl/α,β-unsaturated/α-hetero) is 1. The van der Waals surface area contributed by atoms with Crippen LogP contribution in [0.15, 0.2) is 29.2 Å². The number of aromatic hydroxyl groups is 1. The lowest BCUT2D eigenvalue weighted by Crippen LogP contribution is -2.53. The zero-order chi connectivity index (χ0) is 23.4. The standard InChI is InChI=1S/C22H25F2N3O5/c1-3-32-10-4-9-26-13-25(2)27-12-16(20(29)21(30)19(27)22(26)31)18(28)8-6-14-5-7-15(23)11-17(14)24/h5,7,11-12,30H,3-4,6,8-10,13H2,1-2H3. The first-order valence-electron chi connectivity index (χ1n) is 10.3. The number of ketones is 1. The summed E-state index contributed by atoms with van der Waals surface area (Å²) in [5.74, 6) is -3.46. The zero-order valence-corrected chi connectivity index (χ0v) is 17.9. The third-order valence-corrected chi connectivity index (χ3v) is 5.26. The molecule has 172 valence electrons. The minimum Gasteiger partial charge on any atom is -0.502 e. The summed E-state index contributed by atoms with van der Waals surface area (Å²) >= 11 is 0. The third-order valence-electron chi connectivity index (χ3n) is 5.26. The minimum absolute atomic E-state index is 0.0464. The number of hydrogen-bond donors (Lipinski definition) is 1. The molecule has 1 amide bonds. The number of carbonyl (C=O) groups excluding carboxylic acids is 2. The molecule has 1 aliphatic rings. The molecule has 1 aliphatic heterocycles. The number of aryl methyl sites for hydroxylation is 1. The Balaban J connectivity index is 1.81. The summed E-state index contributed by atoms with van der Waals surface area (Å²) in [5.41, 5.74) is -1.35. The molecule has 0 aliphatic carbocycles. The molecule has 1 aromatic heterocycles. The Labute approximate surface area is 183 Å². The lowest BCUT2D eigenvalue weighted by atomic mass is 10.0. The summed E-state index contributed by atoms with van der Waals surface area (Å²) in [5, 5.41) is 12.1. The topological polar surface area (TPSA) is 92.1 Å². The number of amides is 1. The van der Waals surface area contributed by atoms with Crippen LogP contribution in [0.3, 0.4) is 0 Å². The molecule has 0 spiro atoms. The maximum atomic E-state index is 13.8. The van der Waals surface area contributed by atoms with Crippen LogP contribution in [-0.2, 0) is 11.2 Å². The van der Waals surface area contributed by atoms with E-state index < -0.39 is 34.5 Å². The van der Waals surface area contributed by atoms with Crippen LogP contribution in [0.5, 0.6) is 5.75 Å². The quantitative estimate of drug-likeness (QED) is 0.466. The van der Waals surface area contributed by atoms with E-state index in [0.717, 1.165) is 12.1 Å².